The van der Waals surface area contributed by atoms with Crippen molar-refractivity contribution in [3.05, 3.63) is 0 Å². The van der Waals surface area contributed by atoms with Crippen LogP contribution >= 0.6 is 0 Å². The number of Topliss-reactive ketones (excluding diaryl/α,β-unsaturated/α-hetero) is 1. The lowest BCUT2D eigenvalue weighted by Crippen LogP contribution is -2.44. The van der Waals surface area contributed by atoms with Crippen molar-refractivity contribution in [2.75, 3.05) is 20.3 Å². The summed E-state index contributed by atoms with van der Waals surface area (Å²) < 4.78 is 4.42. The van der Waals surface area contributed by atoms with E-state index in [1.807, 2.05) is 0 Å². The molecule has 3 unspecified atom stereocenters. The Balaban J connectivity index is 4.07. The molecule has 0 saturated carbocycles. The van der Waals surface area contributed by atoms with Crippen molar-refractivity contribution in [1.29, 1.82) is 0 Å². The number of carbonyl (C=O) groups is 1. The first kappa shape index (κ1) is 12.5. The molecule has 0 heterocycles. The van der Waals surface area contributed by atoms with Gasteiger partial charge in [0.1, 0.15) is 24.9 Å². The summed E-state index contributed by atoms with van der Waals surface area (Å²) in [6.07, 6.45) is -4.95. The van der Waals surface area contributed by atoms with Crippen LogP contribution in [0.25, 0.3) is 0 Å². The number of rotatable bonds is 6. The Morgan fingerprint density at radius 2 is 1.92 bits per heavy atom. The maximum Gasteiger partial charge on any atom is 0.189 e. The number of aliphatic hydroxyl groups is 4. The van der Waals surface area contributed by atoms with E-state index in [0.717, 1.165) is 0 Å². The number of carbonyl (C=O) groups excluding carboxylic acids is 1. The number of ketones is 1. The van der Waals surface area contributed by atoms with Crippen molar-refractivity contribution in [2.24, 2.45) is 0 Å². The van der Waals surface area contributed by atoms with Gasteiger partial charge >= 0.3 is 0 Å². The molecule has 0 aromatic rings. The highest BCUT2D eigenvalue weighted by Gasteiger charge is 2.29. The van der Waals surface area contributed by atoms with E-state index in [4.69, 9.17) is 20.4 Å². The Morgan fingerprint density at radius 3 is 2.31 bits per heavy atom. The summed E-state index contributed by atoms with van der Waals surface area (Å²) in [6, 6.07) is 0. The predicted octanol–water partition coefficient (Wildman–Crippen LogP) is -2.72. The molecule has 0 aliphatic heterocycles. The fourth-order valence-corrected chi connectivity index (χ4v) is 0.737. The van der Waals surface area contributed by atoms with Gasteiger partial charge in [-0.15, -0.1) is 0 Å². The van der Waals surface area contributed by atoms with Crippen molar-refractivity contribution >= 4 is 5.78 Å². The minimum atomic E-state index is -1.73. The second kappa shape index (κ2) is 6.01. The van der Waals surface area contributed by atoms with Crippen LogP contribution in [-0.2, 0) is 9.53 Å². The van der Waals surface area contributed by atoms with Crippen molar-refractivity contribution in [3.8, 4) is 0 Å². The van der Waals surface area contributed by atoms with Crippen LogP contribution in [0.1, 0.15) is 0 Å². The first-order valence-corrected chi connectivity index (χ1v) is 3.71. The molecule has 0 aliphatic rings. The molecule has 4 N–H and O–H groups in total. The number of aliphatic hydroxyl groups excluding tert-OH is 4. The smallest absolute Gasteiger partial charge is 0.189 e. The molecule has 0 saturated heterocycles. The first-order valence-electron chi connectivity index (χ1n) is 3.71. The van der Waals surface area contributed by atoms with Crippen molar-refractivity contribution < 1.29 is 30.0 Å². The Bertz CT molecular complexity index is 159. The summed E-state index contributed by atoms with van der Waals surface area (Å²) in [5, 5.41) is 35.4. The van der Waals surface area contributed by atoms with E-state index in [0.29, 0.717) is 0 Å². The molecule has 78 valence electrons. The molecular formula is C7H14O6. The summed E-state index contributed by atoms with van der Waals surface area (Å²) >= 11 is 0. The number of hydrogen-bond donors (Lipinski definition) is 4. The van der Waals surface area contributed by atoms with Crippen molar-refractivity contribution in [1.82, 2.24) is 0 Å². The fourth-order valence-electron chi connectivity index (χ4n) is 0.737. The molecule has 0 bridgehead atoms. The molecule has 0 radical (unpaired) electrons. The lowest BCUT2D eigenvalue weighted by Gasteiger charge is -2.19. The summed E-state index contributed by atoms with van der Waals surface area (Å²) in [7, 11) is 1.26. The molecular weight excluding hydrogens is 180 g/mol. The van der Waals surface area contributed by atoms with Crippen LogP contribution in [0, 0.1) is 0 Å². The maximum atomic E-state index is 10.9. The Hall–Kier alpha value is -0.530. The Kier molecular flexibility index (Phi) is 5.76. The highest BCUT2D eigenvalue weighted by molar-refractivity contribution is 5.84. The van der Waals surface area contributed by atoms with Crippen LogP contribution in [-0.4, -0.2) is 64.8 Å². The zero-order chi connectivity index (χ0) is 10.4. The van der Waals surface area contributed by atoms with Gasteiger partial charge in [0.15, 0.2) is 5.78 Å². The first-order chi connectivity index (χ1) is 6.04. The van der Waals surface area contributed by atoms with E-state index in [1.54, 1.807) is 0 Å². The molecule has 6 heteroatoms. The molecule has 13 heavy (non-hydrogen) atoms. The second-order valence-electron chi connectivity index (χ2n) is 2.58. The van der Waals surface area contributed by atoms with E-state index in [-0.39, 0.29) is 6.61 Å². The molecule has 0 aliphatic carbocycles. The monoisotopic (exact) mass is 194 g/mol. The molecule has 0 aromatic heterocycles. The summed E-state index contributed by atoms with van der Waals surface area (Å²) in [4.78, 5) is 10.9. The highest BCUT2D eigenvalue weighted by atomic mass is 16.5. The number of methoxy groups -OCH3 is 1. The third kappa shape index (κ3) is 3.79. The number of ether oxygens (including phenoxy) is 1. The molecule has 3 atom stereocenters. The summed E-state index contributed by atoms with van der Waals surface area (Å²) in [6.45, 7) is -1.07. The molecule has 0 spiro atoms. The second-order valence-corrected chi connectivity index (χ2v) is 2.58. The van der Waals surface area contributed by atoms with Crippen molar-refractivity contribution in [2.45, 2.75) is 18.3 Å². The number of hydrogen-bond acceptors (Lipinski definition) is 6. The Morgan fingerprint density at radius 1 is 1.38 bits per heavy atom. The summed E-state index contributed by atoms with van der Waals surface area (Å²) in [5.41, 5.74) is 0. The fraction of sp³-hybridized carbons (Fsp3) is 0.857. The lowest BCUT2D eigenvalue weighted by molar-refractivity contribution is -0.143. The molecule has 0 aromatic carbocycles. The van der Waals surface area contributed by atoms with Gasteiger partial charge in [0.25, 0.3) is 0 Å². The Labute approximate surface area is 75.4 Å². The van der Waals surface area contributed by atoms with E-state index in [1.165, 1.54) is 7.11 Å². The quantitative estimate of drug-likeness (QED) is 0.366. The van der Waals surface area contributed by atoms with E-state index in [9.17, 15) is 4.79 Å². The van der Waals surface area contributed by atoms with Gasteiger partial charge in [0, 0.05) is 7.11 Å². The normalized spacial score (nSPS) is 17.9. The zero-order valence-corrected chi connectivity index (χ0v) is 7.25. The van der Waals surface area contributed by atoms with Gasteiger partial charge in [0.2, 0.25) is 0 Å². The van der Waals surface area contributed by atoms with Crippen LogP contribution < -0.4 is 0 Å². The molecule has 6 nitrogen and oxygen atoms in total. The summed E-state index contributed by atoms with van der Waals surface area (Å²) in [5.74, 6) is -0.748. The third-order valence-electron chi connectivity index (χ3n) is 1.52. The third-order valence-corrected chi connectivity index (χ3v) is 1.52. The standard InChI is InChI=1S/C7H14O6/c1-13-3-5(10)7(12)6(11)4(9)2-8/h4,6-9,11-12H,2-3H2,1H3. The van der Waals surface area contributed by atoms with Gasteiger partial charge in [-0.2, -0.15) is 0 Å². The largest absolute Gasteiger partial charge is 0.394 e. The average Bonchev–Trinajstić information content (AvgIpc) is 2.14. The van der Waals surface area contributed by atoms with Gasteiger partial charge in [-0.3, -0.25) is 4.79 Å². The van der Waals surface area contributed by atoms with Gasteiger partial charge in [-0.25, -0.2) is 0 Å². The highest BCUT2D eigenvalue weighted by Crippen LogP contribution is 2.01. The van der Waals surface area contributed by atoms with Gasteiger partial charge in [-0.1, -0.05) is 0 Å². The average molecular weight is 194 g/mol. The molecule has 0 fully saturated rings. The van der Waals surface area contributed by atoms with Crippen LogP contribution in [0.4, 0.5) is 0 Å². The molecule has 0 rings (SSSR count). The minimum Gasteiger partial charge on any atom is -0.394 e. The maximum absolute atomic E-state index is 10.9. The van der Waals surface area contributed by atoms with E-state index < -0.39 is 30.7 Å². The van der Waals surface area contributed by atoms with Crippen LogP contribution in [0.5, 0.6) is 0 Å². The van der Waals surface area contributed by atoms with E-state index >= 15 is 0 Å². The van der Waals surface area contributed by atoms with Crippen LogP contribution in [0.2, 0.25) is 0 Å². The van der Waals surface area contributed by atoms with Gasteiger partial charge in [0.05, 0.1) is 6.61 Å². The van der Waals surface area contributed by atoms with Gasteiger partial charge in [-0.05, 0) is 0 Å². The molecule has 0 amide bonds. The predicted molar refractivity (Wildman–Crippen MR) is 42.0 cm³/mol. The van der Waals surface area contributed by atoms with E-state index in [2.05, 4.69) is 4.74 Å². The topological polar surface area (TPSA) is 107 Å². The van der Waals surface area contributed by atoms with Crippen LogP contribution in [0.3, 0.4) is 0 Å². The van der Waals surface area contributed by atoms with Gasteiger partial charge < -0.3 is 25.2 Å². The lowest BCUT2D eigenvalue weighted by atomic mass is 10.1. The minimum absolute atomic E-state index is 0.351. The van der Waals surface area contributed by atoms with Crippen molar-refractivity contribution in [3.63, 3.8) is 0 Å². The SMILES string of the molecule is COCC(=O)C(O)C(O)C(O)CO. The van der Waals surface area contributed by atoms with Crippen LogP contribution in [0.15, 0.2) is 0 Å². The zero-order valence-electron chi connectivity index (χ0n) is 7.25.